The first-order chi connectivity index (χ1) is 7.74. The highest BCUT2D eigenvalue weighted by Gasteiger charge is 2.08. The van der Waals surface area contributed by atoms with Gasteiger partial charge in [-0.1, -0.05) is 0 Å². The molecule has 90 valence electrons. The number of nitrogens with zero attached hydrogens (tertiary/aromatic N) is 4. The van der Waals surface area contributed by atoms with Gasteiger partial charge in [0.2, 0.25) is 5.91 Å². The minimum absolute atomic E-state index is 0.0746. The Kier molecular flexibility index (Phi) is 5.41. The van der Waals surface area contributed by atoms with Gasteiger partial charge in [0.25, 0.3) is 0 Å². The number of ether oxygens (including phenoxy) is 1. The van der Waals surface area contributed by atoms with Crippen molar-refractivity contribution in [2.75, 3.05) is 19.8 Å². The lowest BCUT2D eigenvalue weighted by atomic mass is 10.3. The predicted octanol–water partition coefficient (Wildman–Crippen LogP) is -0.705. The number of tetrazole rings is 1. The van der Waals surface area contributed by atoms with Crippen molar-refractivity contribution in [2.45, 2.75) is 19.8 Å². The van der Waals surface area contributed by atoms with Crippen molar-refractivity contribution in [3.05, 3.63) is 5.82 Å². The second kappa shape index (κ2) is 6.89. The molecule has 0 aliphatic rings. The zero-order chi connectivity index (χ0) is 11.8. The van der Waals surface area contributed by atoms with Gasteiger partial charge >= 0.3 is 0 Å². The summed E-state index contributed by atoms with van der Waals surface area (Å²) >= 11 is 0. The largest absolute Gasteiger partial charge is 0.382 e. The van der Waals surface area contributed by atoms with Crippen LogP contribution in [-0.2, 0) is 23.0 Å². The average Bonchev–Trinajstić information content (AvgIpc) is 2.64. The number of rotatable bonds is 7. The Bertz CT molecular complexity index is 325. The maximum Gasteiger partial charge on any atom is 0.227 e. The van der Waals surface area contributed by atoms with Crippen LogP contribution in [0.3, 0.4) is 0 Å². The van der Waals surface area contributed by atoms with Crippen LogP contribution in [-0.4, -0.2) is 45.9 Å². The number of nitrogens with one attached hydrogen (secondary N) is 1. The fourth-order valence-corrected chi connectivity index (χ4v) is 1.15. The van der Waals surface area contributed by atoms with Crippen LogP contribution in [0, 0.1) is 0 Å². The van der Waals surface area contributed by atoms with E-state index in [1.807, 2.05) is 6.92 Å². The first-order valence-electron chi connectivity index (χ1n) is 5.29. The van der Waals surface area contributed by atoms with Crippen LogP contribution in [0.2, 0.25) is 0 Å². The van der Waals surface area contributed by atoms with Crippen molar-refractivity contribution in [1.29, 1.82) is 0 Å². The van der Waals surface area contributed by atoms with Crippen LogP contribution in [0.25, 0.3) is 0 Å². The molecule has 1 rings (SSSR count). The third-order valence-electron chi connectivity index (χ3n) is 2.02. The molecular formula is C9H17N5O2. The molecule has 1 aromatic heterocycles. The summed E-state index contributed by atoms with van der Waals surface area (Å²) in [4.78, 5) is 11.4. The molecule has 7 nitrogen and oxygen atoms in total. The van der Waals surface area contributed by atoms with Gasteiger partial charge in [0, 0.05) is 26.8 Å². The SMILES string of the molecule is CCOCCCNC(=O)Cc1nnnn1C. The fraction of sp³-hybridized carbons (Fsp3) is 0.778. The van der Waals surface area contributed by atoms with Gasteiger partial charge < -0.3 is 10.1 Å². The zero-order valence-electron chi connectivity index (χ0n) is 9.64. The first kappa shape index (κ1) is 12.6. The number of amides is 1. The molecule has 0 spiro atoms. The molecule has 0 saturated carbocycles. The maximum absolute atomic E-state index is 11.4. The minimum Gasteiger partial charge on any atom is -0.382 e. The summed E-state index contributed by atoms with van der Waals surface area (Å²) < 4.78 is 6.64. The van der Waals surface area contributed by atoms with E-state index in [-0.39, 0.29) is 12.3 Å². The number of carbonyl (C=O) groups is 1. The highest BCUT2D eigenvalue weighted by molar-refractivity contribution is 5.77. The predicted molar refractivity (Wildman–Crippen MR) is 56.6 cm³/mol. The first-order valence-corrected chi connectivity index (χ1v) is 5.29. The lowest BCUT2D eigenvalue weighted by molar-refractivity contribution is -0.120. The number of aromatic nitrogens is 4. The van der Waals surface area contributed by atoms with E-state index in [0.29, 0.717) is 25.6 Å². The summed E-state index contributed by atoms with van der Waals surface area (Å²) in [5.74, 6) is 0.483. The molecule has 7 heteroatoms. The second-order valence-corrected chi connectivity index (χ2v) is 3.30. The van der Waals surface area contributed by atoms with Crippen molar-refractivity contribution in [3.63, 3.8) is 0 Å². The molecule has 0 fully saturated rings. The normalized spacial score (nSPS) is 10.4. The van der Waals surface area contributed by atoms with Gasteiger partial charge in [-0.3, -0.25) is 4.79 Å². The monoisotopic (exact) mass is 227 g/mol. The molecule has 0 saturated heterocycles. The summed E-state index contributed by atoms with van der Waals surface area (Å²) in [5.41, 5.74) is 0. The molecule has 0 aliphatic carbocycles. The number of hydrogen-bond donors (Lipinski definition) is 1. The Labute approximate surface area is 94.2 Å². The van der Waals surface area contributed by atoms with E-state index < -0.39 is 0 Å². The average molecular weight is 227 g/mol. The van der Waals surface area contributed by atoms with E-state index in [0.717, 1.165) is 6.42 Å². The van der Waals surface area contributed by atoms with Crippen LogP contribution in [0.5, 0.6) is 0 Å². The van der Waals surface area contributed by atoms with Crippen LogP contribution < -0.4 is 5.32 Å². The standard InChI is InChI=1S/C9H17N5O2/c1-3-16-6-4-5-10-9(15)7-8-11-12-13-14(8)2/h3-7H2,1-2H3,(H,10,15). The smallest absolute Gasteiger partial charge is 0.227 e. The highest BCUT2D eigenvalue weighted by Crippen LogP contribution is 1.90. The zero-order valence-corrected chi connectivity index (χ0v) is 9.64. The molecular weight excluding hydrogens is 210 g/mol. The molecule has 1 heterocycles. The number of carbonyl (C=O) groups excluding carboxylic acids is 1. The molecule has 0 aliphatic heterocycles. The van der Waals surface area contributed by atoms with Gasteiger partial charge in [-0.25, -0.2) is 4.68 Å². The van der Waals surface area contributed by atoms with E-state index in [1.54, 1.807) is 7.05 Å². The Hall–Kier alpha value is -1.50. The van der Waals surface area contributed by atoms with Crippen molar-refractivity contribution >= 4 is 5.91 Å². The molecule has 0 atom stereocenters. The third kappa shape index (κ3) is 4.35. The minimum atomic E-state index is -0.0746. The summed E-state index contributed by atoms with van der Waals surface area (Å²) in [7, 11) is 1.71. The van der Waals surface area contributed by atoms with Crippen LogP contribution >= 0.6 is 0 Å². The second-order valence-electron chi connectivity index (χ2n) is 3.30. The van der Waals surface area contributed by atoms with Crippen molar-refractivity contribution in [2.24, 2.45) is 7.05 Å². The Balaban J connectivity index is 2.14. The van der Waals surface area contributed by atoms with Gasteiger partial charge in [0.05, 0.1) is 6.42 Å². The van der Waals surface area contributed by atoms with Crippen LogP contribution in [0.4, 0.5) is 0 Å². The van der Waals surface area contributed by atoms with Gasteiger partial charge in [-0.15, -0.1) is 5.10 Å². The summed E-state index contributed by atoms with van der Waals surface area (Å²) in [5, 5.41) is 13.6. The fourth-order valence-electron chi connectivity index (χ4n) is 1.15. The van der Waals surface area contributed by atoms with Crippen LogP contribution in [0.1, 0.15) is 19.2 Å². The van der Waals surface area contributed by atoms with E-state index in [1.165, 1.54) is 4.68 Å². The maximum atomic E-state index is 11.4. The molecule has 1 N–H and O–H groups in total. The van der Waals surface area contributed by atoms with Crippen molar-refractivity contribution in [1.82, 2.24) is 25.5 Å². The van der Waals surface area contributed by atoms with Gasteiger partial charge in [-0.2, -0.15) is 0 Å². The molecule has 0 unspecified atom stereocenters. The quantitative estimate of drug-likeness (QED) is 0.623. The van der Waals surface area contributed by atoms with E-state index in [2.05, 4.69) is 20.8 Å². The van der Waals surface area contributed by atoms with Crippen molar-refractivity contribution < 1.29 is 9.53 Å². The summed E-state index contributed by atoms with van der Waals surface area (Å²) in [6, 6.07) is 0. The Morgan fingerprint density at radius 1 is 1.56 bits per heavy atom. The molecule has 0 radical (unpaired) electrons. The Morgan fingerprint density at radius 2 is 2.38 bits per heavy atom. The number of hydrogen-bond acceptors (Lipinski definition) is 5. The molecule has 0 aromatic carbocycles. The van der Waals surface area contributed by atoms with Gasteiger partial charge in [-0.05, 0) is 23.8 Å². The molecule has 0 bridgehead atoms. The van der Waals surface area contributed by atoms with Crippen LogP contribution in [0.15, 0.2) is 0 Å². The topological polar surface area (TPSA) is 81.9 Å². The molecule has 1 aromatic rings. The van der Waals surface area contributed by atoms with E-state index >= 15 is 0 Å². The van der Waals surface area contributed by atoms with E-state index in [9.17, 15) is 4.79 Å². The lowest BCUT2D eigenvalue weighted by Crippen LogP contribution is -2.27. The lowest BCUT2D eigenvalue weighted by Gasteiger charge is -2.04. The highest BCUT2D eigenvalue weighted by atomic mass is 16.5. The van der Waals surface area contributed by atoms with Crippen molar-refractivity contribution in [3.8, 4) is 0 Å². The van der Waals surface area contributed by atoms with Gasteiger partial charge in [0.1, 0.15) is 0 Å². The summed E-state index contributed by atoms with van der Waals surface area (Å²) in [6.45, 7) is 3.94. The molecule has 1 amide bonds. The summed E-state index contributed by atoms with van der Waals surface area (Å²) in [6.07, 6.45) is 1.02. The van der Waals surface area contributed by atoms with Gasteiger partial charge in [0.15, 0.2) is 5.82 Å². The van der Waals surface area contributed by atoms with E-state index in [4.69, 9.17) is 4.74 Å². The Morgan fingerprint density at radius 3 is 3.00 bits per heavy atom. The number of aryl methyl sites for hydroxylation is 1. The molecule has 16 heavy (non-hydrogen) atoms. The third-order valence-corrected chi connectivity index (χ3v) is 2.02.